The summed E-state index contributed by atoms with van der Waals surface area (Å²) in [6.45, 7) is 2.10. The summed E-state index contributed by atoms with van der Waals surface area (Å²) in [4.78, 5) is 29.5. The van der Waals surface area contributed by atoms with Gasteiger partial charge in [0, 0.05) is 17.5 Å². The first kappa shape index (κ1) is 23.3. The molecule has 0 aliphatic heterocycles. The number of nitrogens with zero attached hydrogens (tertiary/aromatic N) is 1. The van der Waals surface area contributed by atoms with E-state index in [2.05, 4.69) is 0 Å². The predicted octanol–water partition coefficient (Wildman–Crippen LogP) is 6.24. The molecule has 1 aromatic heterocycles. The Morgan fingerprint density at radius 1 is 0.912 bits per heavy atom. The molecule has 0 aliphatic carbocycles. The van der Waals surface area contributed by atoms with Crippen molar-refractivity contribution < 1.29 is 14.3 Å². The summed E-state index contributed by atoms with van der Waals surface area (Å²) >= 11 is 1.42. The van der Waals surface area contributed by atoms with Crippen LogP contribution in [0.5, 0.6) is 0 Å². The highest BCUT2D eigenvalue weighted by Crippen LogP contribution is 2.25. The average Bonchev–Trinajstić information content (AvgIpc) is 3.37. The molecule has 0 N–H and O–H groups in total. The summed E-state index contributed by atoms with van der Waals surface area (Å²) in [5, 5.41) is 1.97. The zero-order valence-electron chi connectivity index (χ0n) is 18.9. The van der Waals surface area contributed by atoms with Crippen LogP contribution in [0.1, 0.15) is 33.3 Å². The molecule has 4 aromatic rings. The maximum absolute atomic E-state index is 12.9. The van der Waals surface area contributed by atoms with Crippen molar-refractivity contribution in [2.24, 2.45) is 4.99 Å². The number of carbonyl (C=O) groups is 2. The lowest BCUT2D eigenvalue weighted by atomic mass is 9.99. The zero-order valence-corrected chi connectivity index (χ0v) is 19.7. The van der Waals surface area contributed by atoms with Crippen molar-refractivity contribution in [2.45, 2.75) is 19.4 Å². The Hall–Kier alpha value is -3.83. The van der Waals surface area contributed by atoms with E-state index < -0.39 is 6.04 Å². The molecule has 0 saturated heterocycles. The van der Waals surface area contributed by atoms with Crippen LogP contribution in [0.2, 0.25) is 0 Å². The number of aliphatic imine (C=N–C) groups is 1. The number of aldehydes is 1. The van der Waals surface area contributed by atoms with Crippen LogP contribution in [0.3, 0.4) is 0 Å². The molecule has 0 saturated carbocycles. The Morgan fingerprint density at radius 3 is 2.06 bits per heavy atom. The Labute approximate surface area is 203 Å². The van der Waals surface area contributed by atoms with E-state index in [1.165, 1.54) is 11.3 Å². The maximum Gasteiger partial charge on any atom is 0.331 e. The predicted molar refractivity (Wildman–Crippen MR) is 138 cm³/mol. The molecule has 0 bridgehead atoms. The summed E-state index contributed by atoms with van der Waals surface area (Å²) in [5.41, 5.74) is 5.67. The molecular formula is C29H25NO3S. The Balaban J connectivity index is 1.66. The Bertz CT molecular complexity index is 1220. The van der Waals surface area contributed by atoms with Gasteiger partial charge in [0.15, 0.2) is 12.3 Å². The highest BCUT2D eigenvalue weighted by Gasteiger charge is 2.21. The van der Waals surface area contributed by atoms with E-state index in [0.29, 0.717) is 17.9 Å². The van der Waals surface area contributed by atoms with Gasteiger partial charge in [-0.15, -0.1) is 11.3 Å². The first-order valence-corrected chi connectivity index (χ1v) is 12.0. The SMILES string of the molecule is CCOC(=O)[C@@H](Cc1ccc(-c2csc(C=O)c2)cc1)N=C(c1ccccc1)c1ccccc1. The van der Waals surface area contributed by atoms with E-state index in [-0.39, 0.29) is 5.97 Å². The van der Waals surface area contributed by atoms with Crippen molar-refractivity contribution in [3.05, 3.63) is 118 Å². The van der Waals surface area contributed by atoms with E-state index in [0.717, 1.165) is 39.8 Å². The van der Waals surface area contributed by atoms with Crippen LogP contribution in [0, 0.1) is 0 Å². The topological polar surface area (TPSA) is 55.7 Å². The molecule has 0 fully saturated rings. The largest absolute Gasteiger partial charge is 0.464 e. The fraction of sp³-hybridized carbons (Fsp3) is 0.138. The van der Waals surface area contributed by atoms with Crippen LogP contribution < -0.4 is 0 Å². The number of hydrogen-bond acceptors (Lipinski definition) is 5. The summed E-state index contributed by atoms with van der Waals surface area (Å²) in [6.07, 6.45) is 1.28. The van der Waals surface area contributed by atoms with Crippen molar-refractivity contribution in [3.63, 3.8) is 0 Å². The minimum Gasteiger partial charge on any atom is -0.464 e. The number of rotatable bonds is 9. The zero-order chi connectivity index (χ0) is 23.8. The van der Waals surface area contributed by atoms with Crippen LogP contribution in [-0.2, 0) is 16.0 Å². The number of benzene rings is 3. The molecule has 0 spiro atoms. The molecular weight excluding hydrogens is 442 g/mol. The molecule has 1 heterocycles. The maximum atomic E-state index is 12.9. The molecule has 4 rings (SSSR count). The van der Waals surface area contributed by atoms with Gasteiger partial charge >= 0.3 is 5.97 Å². The second-order valence-electron chi connectivity index (χ2n) is 7.73. The molecule has 4 nitrogen and oxygen atoms in total. The number of ether oxygens (including phenoxy) is 1. The van der Waals surface area contributed by atoms with E-state index in [9.17, 15) is 9.59 Å². The van der Waals surface area contributed by atoms with Crippen molar-refractivity contribution in [3.8, 4) is 11.1 Å². The fourth-order valence-electron chi connectivity index (χ4n) is 3.71. The molecule has 0 amide bonds. The Kier molecular flexibility index (Phi) is 7.79. The second kappa shape index (κ2) is 11.3. The van der Waals surface area contributed by atoms with Gasteiger partial charge in [-0.05, 0) is 35.1 Å². The fourth-order valence-corrected chi connectivity index (χ4v) is 4.42. The molecule has 170 valence electrons. The lowest BCUT2D eigenvalue weighted by Crippen LogP contribution is -2.26. The van der Waals surface area contributed by atoms with E-state index >= 15 is 0 Å². The van der Waals surface area contributed by atoms with Gasteiger partial charge in [0.2, 0.25) is 0 Å². The highest BCUT2D eigenvalue weighted by atomic mass is 32.1. The molecule has 5 heteroatoms. The molecule has 0 unspecified atom stereocenters. The summed E-state index contributed by atoms with van der Waals surface area (Å²) in [5.74, 6) is -0.343. The van der Waals surface area contributed by atoms with Gasteiger partial charge in [-0.3, -0.25) is 9.79 Å². The first-order valence-electron chi connectivity index (χ1n) is 11.2. The van der Waals surface area contributed by atoms with Crippen molar-refractivity contribution in [2.75, 3.05) is 6.61 Å². The third kappa shape index (κ3) is 5.74. The van der Waals surface area contributed by atoms with Gasteiger partial charge in [0.1, 0.15) is 0 Å². The average molecular weight is 468 g/mol. The Morgan fingerprint density at radius 2 is 1.53 bits per heavy atom. The minimum absolute atomic E-state index is 0.299. The quantitative estimate of drug-likeness (QED) is 0.166. The first-order chi connectivity index (χ1) is 16.7. The lowest BCUT2D eigenvalue weighted by Gasteiger charge is -2.15. The minimum atomic E-state index is -0.677. The van der Waals surface area contributed by atoms with Gasteiger partial charge in [-0.1, -0.05) is 84.9 Å². The lowest BCUT2D eigenvalue weighted by molar-refractivity contribution is -0.144. The molecule has 1 atom stereocenters. The number of hydrogen-bond donors (Lipinski definition) is 0. The molecule has 0 aliphatic rings. The third-order valence-electron chi connectivity index (χ3n) is 5.39. The molecule has 34 heavy (non-hydrogen) atoms. The normalized spacial score (nSPS) is 11.4. The van der Waals surface area contributed by atoms with Crippen LogP contribution >= 0.6 is 11.3 Å². The smallest absolute Gasteiger partial charge is 0.331 e. The van der Waals surface area contributed by atoms with E-state index in [1.54, 1.807) is 6.92 Å². The van der Waals surface area contributed by atoms with Crippen LogP contribution in [0.25, 0.3) is 11.1 Å². The van der Waals surface area contributed by atoms with Gasteiger partial charge in [-0.25, -0.2) is 4.79 Å². The number of carbonyl (C=O) groups excluding carboxylic acids is 2. The van der Waals surface area contributed by atoms with Crippen LogP contribution in [0.15, 0.2) is 101 Å². The summed E-state index contributed by atoms with van der Waals surface area (Å²) in [7, 11) is 0. The third-order valence-corrected chi connectivity index (χ3v) is 6.25. The van der Waals surface area contributed by atoms with E-state index in [4.69, 9.17) is 9.73 Å². The van der Waals surface area contributed by atoms with Crippen molar-refractivity contribution >= 4 is 29.3 Å². The summed E-state index contributed by atoms with van der Waals surface area (Å²) < 4.78 is 5.38. The molecule has 3 aromatic carbocycles. The van der Waals surface area contributed by atoms with E-state index in [1.807, 2.05) is 96.4 Å². The van der Waals surface area contributed by atoms with Gasteiger partial charge in [0.05, 0.1) is 17.2 Å². The van der Waals surface area contributed by atoms with Crippen LogP contribution in [-0.4, -0.2) is 30.6 Å². The number of thiophene rings is 1. The van der Waals surface area contributed by atoms with Crippen molar-refractivity contribution in [1.29, 1.82) is 0 Å². The van der Waals surface area contributed by atoms with Gasteiger partial charge < -0.3 is 4.74 Å². The van der Waals surface area contributed by atoms with Crippen molar-refractivity contribution in [1.82, 2.24) is 0 Å². The summed E-state index contributed by atoms with van der Waals surface area (Å²) in [6, 6.07) is 29.0. The van der Waals surface area contributed by atoms with Gasteiger partial charge in [-0.2, -0.15) is 0 Å². The standard InChI is InChI=1S/C29H25NO3S/c1-2-33-29(32)27(17-21-13-15-22(16-14-21)25-18-26(19-31)34-20-25)30-28(23-9-5-3-6-10-23)24-11-7-4-8-12-24/h3-16,18-20,27H,2,17H2,1H3/t27-/m1/s1. The number of esters is 1. The van der Waals surface area contributed by atoms with Crippen LogP contribution in [0.4, 0.5) is 0 Å². The highest BCUT2D eigenvalue weighted by molar-refractivity contribution is 7.12. The van der Waals surface area contributed by atoms with Gasteiger partial charge in [0.25, 0.3) is 0 Å². The molecule has 0 radical (unpaired) electrons. The monoisotopic (exact) mass is 467 g/mol. The second-order valence-corrected chi connectivity index (χ2v) is 8.68.